The molecule has 0 saturated carbocycles. The molecule has 0 heterocycles. The van der Waals surface area contributed by atoms with Crippen LogP contribution in [-0.2, 0) is 0 Å². The van der Waals surface area contributed by atoms with Crippen molar-refractivity contribution < 1.29 is 5.11 Å². The molecule has 0 aliphatic heterocycles. The minimum Gasteiger partial charge on any atom is -0.388 e. The topological polar surface area (TPSA) is 44.0 Å². The Hall–Kier alpha value is -1.82. The number of alkyl halides is 1. The van der Waals surface area contributed by atoms with Crippen molar-refractivity contribution in [2.24, 2.45) is 0 Å². The van der Waals surface area contributed by atoms with Gasteiger partial charge in [0.15, 0.2) is 0 Å². The van der Waals surface area contributed by atoms with Gasteiger partial charge in [-0.3, -0.25) is 0 Å². The Labute approximate surface area is 117 Å². The van der Waals surface area contributed by atoms with Gasteiger partial charge in [-0.25, -0.2) is 0 Å². The van der Waals surface area contributed by atoms with Crippen molar-refractivity contribution in [1.29, 1.82) is 5.26 Å². The zero-order valence-electron chi connectivity index (χ0n) is 10.3. The summed E-state index contributed by atoms with van der Waals surface area (Å²) in [5.74, 6) is 0. The molecule has 0 saturated heterocycles. The standard InChI is InChI=1S/C16H14ClNO/c17-15(13-4-2-1-3-5-13)10-16(19)14-8-6-12(11-18)7-9-14/h1-9,15-16,19H,10H2/t15-,16-/m1/s1. The Balaban J connectivity index is 2.04. The molecular formula is C16H14ClNO. The van der Waals surface area contributed by atoms with Crippen LogP contribution in [0.25, 0.3) is 0 Å². The van der Waals surface area contributed by atoms with Gasteiger partial charge in [0.25, 0.3) is 0 Å². The van der Waals surface area contributed by atoms with Gasteiger partial charge in [-0.2, -0.15) is 5.26 Å². The van der Waals surface area contributed by atoms with Crippen molar-refractivity contribution in [2.75, 3.05) is 0 Å². The predicted molar refractivity (Wildman–Crippen MR) is 75.8 cm³/mol. The van der Waals surface area contributed by atoms with Crippen molar-refractivity contribution >= 4 is 11.6 Å². The molecule has 0 radical (unpaired) electrons. The van der Waals surface area contributed by atoms with Crippen LogP contribution in [0.5, 0.6) is 0 Å². The van der Waals surface area contributed by atoms with Crippen LogP contribution in [-0.4, -0.2) is 5.11 Å². The van der Waals surface area contributed by atoms with Crippen LogP contribution in [0.1, 0.15) is 34.6 Å². The van der Waals surface area contributed by atoms with E-state index in [4.69, 9.17) is 16.9 Å². The van der Waals surface area contributed by atoms with Gasteiger partial charge in [0.2, 0.25) is 0 Å². The molecule has 0 aliphatic rings. The molecule has 0 amide bonds. The Kier molecular flexibility index (Phi) is 4.57. The van der Waals surface area contributed by atoms with Crippen LogP contribution >= 0.6 is 11.6 Å². The molecule has 2 aromatic rings. The first-order chi connectivity index (χ1) is 9.20. The fraction of sp³-hybridized carbons (Fsp3) is 0.188. The molecule has 1 N–H and O–H groups in total. The zero-order chi connectivity index (χ0) is 13.7. The van der Waals surface area contributed by atoms with Crippen molar-refractivity contribution in [3.05, 3.63) is 71.3 Å². The normalized spacial score (nSPS) is 13.5. The molecule has 2 rings (SSSR count). The van der Waals surface area contributed by atoms with Crippen LogP contribution in [0, 0.1) is 11.3 Å². The molecule has 0 unspecified atom stereocenters. The van der Waals surface area contributed by atoms with E-state index in [0.717, 1.165) is 11.1 Å². The summed E-state index contributed by atoms with van der Waals surface area (Å²) >= 11 is 6.30. The Morgan fingerprint density at radius 2 is 1.63 bits per heavy atom. The lowest BCUT2D eigenvalue weighted by molar-refractivity contribution is 0.166. The number of hydrogen-bond acceptors (Lipinski definition) is 2. The molecule has 96 valence electrons. The summed E-state index contributed by atoms with van der Waals surface area (Å²) in [6.07, 6.45) is -0.187. The minimum absolute atomic E-state index is 0.230. The molecule has 0 fully saturated rings. The fourth-order valence-electron chi connectivity index (χ4n) is 1.91. The highest BCUT2D eigenvalue weighted by atomic mass is 35.5. The van der Waals surface area contributed by atoms with Gasteiger partial charge in [-0.1, -0.05) is 42.5 Å². The van der Waals surface area contributed by atoms with Crippen molar-refractivity contribution in [2.45, 2.75) is 17.9 Å². The molecule has 2 atom stereocenters. The van der Waals surface area contributed by atoms with E-state index >= 15 is 0 Å². The van der Waals surface area contributed by atoms with Gasteiger partial charge < -0.3 is 5.11 Å². The number of aliphatic hydroxyl groups excluding tert-OH is 1. The first kappa shape index (κ1) is 13.6. The lowest BCUT2D eigenvalue weighted by Gasteiger charge is -2.15. The van der Waals surface area contributed by atoms with Gasteiger partial charge in [-0.05, 0) is 29.7 Å². The lowest BCUT2D eigenvalue weighted by atomic mass is 10.00. The average molecular weight is 272 g/mol. The highest BCUT2D eigenvalue weighted by molar-refractivity contribution is 6.20. The maximum Gasteiger partial charge on any atom is 0.0991 e. The second kappa shape index (κ2) is 6.38. The number of aliphatic hydroxyl groups is 1. The number of halogens is 1. The Bertz CT molecular complexity index is 560. The first-order valence-corrected chi connectivity index (χ1v) is 6.51. The number of nitrogens with zero attached hydrogens (tertiary/aromatic N) is 1. The summed E-state index contributed by atoms with van der Waals surface area (Å²) in [6, 6.07) is 18.7. The summed E-state index contributed by atoms with van der Waals surface area (Å²) in [4.78, 5) is 0. The number of benzene rings is 2. The van der Waals surface area contributed by atoms with E-state index in [0.29, 0.717) is 12.0 Å². The van der Waals surface area contributed by atoms with Gasteiger partial charge in [-0.15, -0.1) is 11.6 Å². The number of nitriles is 1. The Morgan fingerprint density at radius 3 is 2.21 bits per heavy atom. The molecule has 0 aromatic heterocycles. The summed E-state index contributed by atoms with van der Waals surface area (Å²) in [5.41, 5.74) is 2.36. The van der Waals surface area contributed by atoms with Crippen molar-refractivity contribution in [3.8, 4) is 6.07 Å². The lowest BCUT2D eigenvalue weighted by Crippen LogP contribution is -2.02. The van der Waals surface area contributed by atoms with Crippen molar-refractivity contribution in [3.63, 3.8) is 0 Å². The molecule has 0 spiro atoms. The summed E-state index contributed by atoms with van der Waals surface area (Å²) in [6.45, 7) is 0. The molecule has 2 aromatic carbocycles. The van der Waals surface area contributed by atoms with Gasteiger partial charge in [0, 0.05) is 0 Å². The monoisotopic (exact) mass is 271 g/mol. The number of hydrogen-bond donors (Lipinski definition) is 1. The quantitative estimate of drug-likeness (QED) is 0.856. The summed E-state index contributed by atoms with van der Waals surface area (Å²) < 4.78 is 0. The average Bonchev–Trinajstić information content (AvgIpc) is 2.48. The van der Waals surface area contributed by atoms with E-state index in [-0.39, 0.29) is 5.38 Å². The van der Waals surface area contributed by atoms with E-state index in [9.17, 15) is 5.11 Å². The van der Waals surface area contributed by atoms with Gasteiger partial charge in [0.05, 0.1) is 23.1 Å². The van der Waals surface area contributed by atoms with Crippen LogP contribution < -0.4 is 0 Å². The summed E-state index contributed by atoms with van der Waals surface area (Å²) in [5, 5.41) is 18.6. The highest BCUT2D eigenvalue weighted by Gasteiger charge is 2.15. The maximum atomic E-state index is 10.1. The van der Waals surface area contributed by atoms with Crippen LogP contribution in [0.15, 0.2) is 54.6 Å². The van der Waals surface area contributed by atoms with Crippen LogP contribution in [0.2, 0.25) is 0 Å². The number of rotatable bonds is 4. The fourth-order valence-corrected chi connectivity index (χ4v) is 2.22. The van der Waals surface area contributed by atoms with E-state index in [1.54, 1.807) is 24.3 Å². The van der Waals surface area contributed by atoms with Crippen molar-refractivity contribution in [1.82, 2.24) is 0 Å². The van der Waals surface area contributed by atoms with E-state index in [2.05, 4.69) is 6.07 Å². The van der Waals surface area contributed by atoms with E-state index < -0.39 is 6.10 Å². The SMILES string of the molecule is N#Cc1ccc([C@H](O)C[C@@H](Cl)c2ccccc2)cc1. The van der Waals surface area contributed by atoms with Gasteiger partial charge in [0.1, 0.15) is 0 Å². The third-order valence-corrected chi connectivity index (χ3v) is 3.45. The molecule has 2 nitrogen and oxygen atoms in total. The molecule has 0 bridgehead atoms. The molecule has 0 aliphatic carbocycles. The summed E-state index contributed by atoms with van der Waals surface area (Å²) in [7, 11) is 0. The second-order valence-corrected chi connectivity index (χ2v) is 4.89. The third kappa shape index (κ3) is 3.57. The van der Waals surface area contributed by atoms with E-state index in [1.165, 1.54) is 0 Å². The van der Waals surface area contributed by atoms with E-state index in [1.807, 2.05) is 30.3 Å². The first-order valence-electron chi connectivity index (χ1n) is 6.08. The van der Waals surface area contributed by atoms with Gasteiger partial charge >= 0.3 is 0 Å². The predicted octanol–water partition coefficient (Wildman–Crippen LogP) is 3.96. The molecule has 19 heavy (non-hydrogen) atoms. The Morgan fingerprint density at radius 1 is 1.00 bits per heavy atom. The second-order valence-electron chi connectivity index (χ2n) is 4.36. The maximum absolute atomic E-state index is 10.1. The highest BCUT2D eigenvalue weighted by Crippen LogP contribution is 2.31. The van der Waals surface area contributed by atoms with Crippen LogP contribution in [0.3, 0.4) is 0 Å². The zero-order valence-corrected chi connectivity index (χ0v) is 11.1. The van der Waals surface area contributed by atoms with Crippen LogP contribution in [0.4, 0.5) is 0 Å². The minimum atomic E-state index is -0.629. The molecular weight excluding hydrogens is 258 g/mol. The largest absolute Gasteiger partial charge is 0.388 e. The third-order valence-electron chi connectivity index (χ3n) is 3.02. The molecule has 3 heteroatoms. The smallest absolute Gasteiger partial charge is 0.0991 e.